The minimum atomic E-state index is -0.492. The number of hydrogen-bond acceptors (Lipinski definition) is 8. The topological polar surface area (TPSA) is 136 Å². The third-order valence-corrected chi connectivity index (χ3v) is 3.35. The van der Waals surface area contributed by atoms with Crippen molar-refractivity contribution < 1.29 is 9.85 Å². The van der Waals surface area contributed by atoms with E-state index in [-0.39, 0.29) is 45.4 Å². The van der Waals surface area contributed by atoms with E-state index in [0.717, 1.165) is 0 Å². The smallest absolute Gasteiger partial charge is 0.311 e. The molecule has 12 heteroatoms. The van der Waals surface area contributed by atoms with Crippen LogP contribution in [0, 0.1) is 20.2 Å². The van der Waals surface area contributed by atoms with Gasteiger partial charge in [0.25, 0.3) is 0 Å². The predicted octanol–water partition coefficient (Wildman–Crippen LogP) is 4.93. The van der Waals surface area contributed by atoms with Crippen molar-refractivity contribution in [1.82, 2.24) is 9.97 Å². The van der Waals surface area contributed by atoms with E-state index in [1.165, 1.54) is 24.3 Å². The van der Waals surface area contributed by atoms with Crippen molar-refractivity contribution in [2.45, 2.75) is 39.8 Å². The highest BCUT2D eigenvalue weighted by Gasteiger charge is 2.16. The molecule has 0 spiro atoms. The van der Waals surface area contributed by atoms with Crippen molar-refractivity contribution in [3.63, 3.8) is 0 Å². The van der Waals surface area contributed by atoms with Crippen LogP contribution >= 0.6 is 23.2 Å². The fourth-order valence-electron chi connectivity index (χ4n) is 1.91. The fourth-order valence-corrected chi connectivity index (χ4v) is 2.20. The summed E-state index contributed by atoms with van der Waals surface area (Å²) in [6.07, 6.45) is 0. The Bertz CT molecular complexity index is 778. The molecule has 0 saturated carbocycles. The Labute approximate surface area is 171 Å². The van der Waals surface area contributed by atoms with Crippen LogP contribution in [0.5, 0.6) is 0 Å². The standard InChI is InChI=1S/2C8H10ClN3O2/c2*1-5(2)10-8-6(12(13)14)3-4-7(9)11-8/h2*3-5H,1-2H3,(H,10,11). The summed E-state index contributed by atoms with van der Waals surface area (Å²) in [5, 5.41) is 27.4. The third-order valence-electron chi connectivity index (χ3n) is 2.92. The number of anilines is 2. The molecule has 2 aromatic rings. The monoisotopic (exact) mass is 430 g/mol. The molecule has 0 radical (unpaired) electrons. The van der Waals surface area contributed by atoms with Crippen LogP contribution in [0.1, 0.15) is 27.7 Å². The van der Waals surface area contributed by atoms with E-state index in [0.29, 0.717) is 0 Å². The van der Waals surface area contributed by atoms with E-state index in [4.69, 9.17) is 23.2 Å². The Morgan fingerprint density at radius 1 is 0.786 bits per heavy atom. The number of nitrogens with one attached hydrogen (secondary N) is 2. The van der Waals surface area contributed by atoms with Gasteiger partial charge in [-0.1, -0.05) is 23.2 Å². The Balaban J connectivity index is 0.000000280. The van der Waals surface area contributed by atoms with E-state index in [2.05, 4.69) is 20.6 Å². The Morgan fingerprint density at radius 3 is 1.36 bits per heavy atom. The van der Waals surface area contributed by atoms with E-state index < -0.39 is 9.85 Å². The highest BCUT2D eigenvalue weighted by atomic mass is 35.5. The molecule has 0 aromatic carbocycles. The summed E-state index contributed by atoms with van der Waals surface area (Å²) in [5.74, 6) is 0.412. The largest absolute Gasteiger partial charge is 0.362 e. The first kappa shape index (κ1) is 23.3. The van der Waals surface area contributed by atoms with Gasteiger partial charge in [-0.05, 0) is 39.8 Å². The lowest BCUT2D eigenvalue weighted by Gasteiger charge is -2.08. The summed E-state index contributed by atoms with van der Waals surface area (Å²) < 4.78 is 0. The van der Waals surface area contributed by atoms with Gasteiger partial charge in [-0.25, -0.2) is 9.97 Å². The van der Waals surface area contributed by atoms with Crippen molar-refractivity contribution in [2.75, 3.05) is 10.6 Å². The Hall–Kier alpha value is -2.72. The molecule has 0 fully saturated rings. The maximum Gasteiger partial charge on any atom is 0.311 e. The number of hydrogen-bond donors (Lipinski definition) is 2. The summed E-state index contributed by atoms with van der Waals surface area (Å²) in [6.45, 7) is 7.47. The second-order valence-corrected chi connectivity index (χ2v) is 6.89. The zero-order chi connectivity index (χ0) is 21.4. The normalized spacial score (nSPS) is 10.3. The van der Waals surface area contributed by atoms with Crippen LogP contribution in [-0.2, 0) is 0 Å². The van der Waals surface area contributed by atoms with Crippen molar-refractivity contribution in [2.24, 2.45) is 0 Å². The summed E-state index contributed by atoms with van der Waals surface area (Å²) >= 11 is 11.3. The molecule has 0 aliphatic rings. The average molecular weight is 431 g/mol. The molecule has 28 heavy (non-hydrogen) atoms. The van der Waals surface area contributed by atoms with E-state index in [9.17, 15) is 20.2 Å². The first-order valence-electron chi connectivity index (χ1n) is 8.16. The number of pyridine rings is 2. The highest BCUT2D eigenvalue weighted by molar-refractivity contribution is 6.29. The van der Waals surface area contributed by atoms with Crippen molar-refractivity contribution in [3.8, 4) is 0 Å². The molecule has 2 rings (SSSR count). The molecule has 0 saturated heterocycles. The zero-order valence-electron chi connectivity index (χ0n) is 15.6. The van der Waals surface area contributed by atoms with Gasteiger partial charge in [0.15, 0.2) is 0 Å². The molecule has 10 nitrogen and oxygen atoms in total. The quantitative estimate of drug-likeness (QED) is 0.373. The SMILES string of the molecule is CC(C)Nc1nc(Cl)ccc1[N+](=O)[O-].CC(C)Nc1nc(Cl)ccc1[N+](=O)[O-]. The van der Waals surface area contributed by atoms with Crippen LogP contribution in [0.3, 0.4) is 0 Å². The van der Waals surface area contributed by atoms with Gasteiger partial charge in [-0.2, -0.15) is 0 Å². The lowest BCUT2D eigenvalue weighted by atomic mass is 10.3. The molecule has 2 N–H and O–H groups in total. The molecular weight excluding hydrogens is 411 g/mol. The van der Waals surface area contributed by atoms with E-state index in [1.807, 2.05) is 27.7 Å². The van der Waals surface area contributed by atoms with Crippen LogP contribution in [0.4, 0.5) is 23.0 Å². The van der Waals surface area contributed by atoms with Crippen LogP contribution in [0.25, 0.3) is 0 Å². The van der Waals surface area contributed by atoms with Gasteiger partial charge in [-0.15, -0.1) is 0 Å². The van der Waals surface area contributed by atoms with Gasteiger partial charge >= 0.3 is 11.4 Å². The molecule has 0 unspecified atom stereocenters. The van der Waals surface area contributed by atoms with E-state index >= 15 is 0 Å². The fraction of sp³-hybridized carbons (Fsp3) is 0.375. The summed E-state index contributed by atoms with van der Waals surface area (Å²) in [4.78, 5) is 27.9. The molecule has 0 atom stereocenters. The van der Waals surface area contributed by atoms with Crippen molar-refractivity contribution >= 4 is 46.2 Å². The average Bonchev–Trinajstić information content (AvgIpc) is 2.53. The lowest BCUT2D eigenvalue weighted by molar-refractivity contribution is -0.384. The number of rotatable bonds is 6. The van der Waals surface area contributed by atoms with Crippen molar-refractivity contribution in [3.05, 3.63) is 54.8 Å². The molecule has 0 bridgehead atoms. The first-order chi connectivity index (χ1) is 13.0. The summed E-state index contributed by atoms with van der Waals surface area (Å²) in [5.41, 5.74) is -0.133. The maximum atomic E-state index is 10.6. The van der Waals surface area contributed by atoms with E-state index in [1.54, 1.807) is 0 Å². The van der Waals surface area contributed by atoms with Crippen LogP contribution in [0.15, 0.2) is 24.3 Å². The molecule has 2 aromatic heterocycles. The number of nitrogens with zero attached hydrogens (tertiary/aromatic N) is 4. The number of halogens is 2. The minimum Gasteiger partial charge on any atom is -0.362 e. The van der Waals surface area contributed by atoms with Crippen LogP contribution in [-0.4, -0.2) is 31.9 Å². The second kappa shape index (κ2) is 10.6. The van der Waals surface area contributed by atoms with Crippen molar-refractivity contribution in [1.29, 1.82) is 0 Å². The van der Waals surface area contributed by atoms with Gasteiger partial charge in [0.05, 0.1) is 9.85 Å². The van der Waals surface area contributed by atoms with Gasteiger partial charge < -0.3 is 10.6 Å². The zero-order valence-corrected chi connectivity index (χ0v) is 17.2. The van der Waals surface area contributed by atoms with Crippen LogP contribution in [0.2, 0.25) is 10.3 Å². The summed E-state index contributed by atoms with van der Waals surface area (Å²) in [7, 11) is 0. The first-order valence-corrected chi connectivity index (χ1v) is 8.91. The summed E-state index contributed by atoms with van der Waals surface area (Å²) in [6, 6.07) is 5.59. The van der Waals surface area contributed by atoms with Gasteiger partial charge in [0.2, 0.25) is 11.6 Å². The number of nitro groups is 2. The van der Waals surface area contributed by atoms with Crippen LogP contribution < -0.4 is 10.6 Å². The third kappa shape index (κ3) is 7.49. The molecule has 152 valence electrons. The maximum absolute atomic E-state index is 10.6. The molecular formula is C16H20Cl2N6O4. The predicted molar refractivity (Wildman–Crippen MR) is 109 cm³/mol. The molecule has 2 heterocycles. The second-order valence-electron chi connectivity index (χ2n) is 6.12. The number of aromatic nitrogens is 2. The van der Waals surface area contributed by atoms with Gasteiger partial charge in [0, 0.05) is 24.2 Å². The lowest BCUT2D eigenvalue weighted by Crippen LogP contribution is -2.12. The molecule has 0 amide bonds. The Morgan fingerprint density at radius 2 is 1.11 bits per heavy atom. The van der Waals surface area contributed by atoms with Gasteiger partial charge in [-0.3, -0.25) is 20.2 Å². The minimum absolute atomic E-state index is 0.0666. The molecule has 0 aliphatic carbocycles. The van der Waals surface area contributed by atoms with Gasteiger partial charge in [0.1, 0.15) is 10.3 Å². The highest BCUT2D eigenvalue weighted by Crippen LogP contribution is 2.25. The molecule has 0 aliphatic heterocycles. The Kier molecular flexibility index (Phi) is 8.80.